The van der Waals surface area contributed by atoms with Crippen LogP contribution < -0.4 is 5.32 Å². The molecule has 2 spiro atoms. The Hall–Kier alpha value is -1.54. The Bertz CT molecular complexity index is 1120. The summed E-state index contributed by atoms with van der Waals surface area (Å²) in [6, 6.07) is 0. The molecule has 5 saturated carbocycles. The van der Waals surface area contributed by atoms with Gasteiger partial charge in [0.1, 0.15) is 12.2 Å². The number of amides is 2. The van der Waals surface area contributed by atoms with Crippen molar-refractivity contribution in [2.24, 2.45) is 51.2 Å². The summed E-state index contributed by atoms with van der Waals surface area (Å²) in [6.45, 7) is 16.7. The van der Waals surface area contributed by atoms with Crippen molar-refractivity contribution >= 4 is 12.2 Å². The number of alkyl carbamates (subject to hydrolysis) is 1. The van der Waals surface area contributed by atoms with Gasteiger partial charge in [0, 0.05) is 25.0 Å². The molecule has 2 heterocycles. The number of fused-ring (bicyclic) bond motifs is 4. The van der Waals surface area contributed by atoms with Crippen LogP contribution in [0.2, 0.25) is 0 Å². The average Bonchev–Trinajstić information content (AvgIpc) is 3.57. The van der Waals surface area contributed by atoms with Crippen molar-refractivity contribution in [3.8, 4) is 0 Å². The summed E-state index contributed by atoms with van der Waals surface area (Å²) in [7, 11) is 0. The molecule has 2 aliphatic heterocycles. The minimum absolute atomic E-state index is 0.00765. The molecule has 7 rings (SSSR count). The zero-order valence-corrected chi connectivity index (χ0v) is 28.2. The Morgan fingerprint density at radius 2 is 1.68 bits per heavy atom. The Labute approximate surface area is 265 Å². The molecule has 1 N–H and O–H groups in total. The van der Waals surface area contributed by atoms with Gasteiger partial charge in [0.25, 0.3) is 0 Å². The van der Waals surface area contributed by atoms with Crippen LogP contribution in [0.1, 0.15) is 106 Å². The number of hydrogen-bond acceptors (Lipinski definition) is 6. The van der Waals surface area contributed by atoms with E-state index in [1.807, 2.05) is 11.8 Å². The van der Waals surface area contributed by atoms with Crippen molar-refractivity contribution in [2.75, 3.05) is 32.8 Å². The van der Waals surface area contributed by atoms with Gasteiger partial charge in [-0.2, -0.15) is 0 Å². The lowest BCUT2D eigenvalue weighted by molar-refractivity contribution is -0.149. The third-order valence-corrected chi connectivity index (χ3v) is 14.7. The fourth-order valence-electron chi connectivity index (χ4n) is 12.6. The van der Waals surface area contributed by atoms with Crippen LogP contribution in [0.3, 0.4) is 0 Å². The Balaban J connectivity index is 1.05. The Morgan fingerprint density at radius 1 is 0.932 bits per heavy atom. The number of ether oxygens (including phenoxy) is 4. The standard InChI is InChI=1S/C36H58N2O6/c1-7-37-31(39)44-30(22(2)3)26-10-8-24-27(42-26)20-25-23-9-11-28-33(4,5)29(43-32(40)38-16-18-41-19-17-38)12-13-36(28)21-35(23,36)15-14-34(24,25)6/h22-30H,7-21H2,1-6H3,(H,37,39)/t23?,24?,25?,26?,27?,28-,29-,30+,34+,35-,36+/m0/s1. The molecule has 44 heavy (non-hydrogen) atoms. The van der Waals surface area contributed by atoms with E-state index in [0.717, 1.165) is 18.8 Å². The van der Waals surface area contributed by atoms with E-state index in [1.54, 1.807) is 0 Å². The van der Waals surface area contributed by atoms with Crippen LogP contribution in [-0.2, 0) is 18.9 Å². The smallest absolute Gasteiger partial charge is 0.410 e. The summed E-state index contributed by atoms with van der Waals surface area (Å²) in [5.74, 6) is 2.94. The molecule has 2 amide bonds. The zero-order valence-electron chi connectivity index (χ0n) is 28.2. The fraction of sp³-hybridized carbons (Fsp3) is 0.944. The van der Waals surface area contributed by atoms with Gasteiger partial charge in [0.15, 0.2) is 0 Å². The summed E-state index contributed by atoms with van der Waals surface area (Å²) in [5.41, 5.74) is 1.22. The number of carbonyl (C=O) groups is 2. The molecule has 0 aromatic carbocycles. The first kappa shape index (κ1) is 31.1. The van der Waals surface area contributed by atoms with Crippen LogP contribution in [-0.4, -0.2) is 74.4 Å². The van der Waals surface area contributed by atoms with E-state index in [9.17, 15) is 9.59 Å². The fourth-order valence-corrected chi connectivity index (χ4v) is 12.6. The highest BCUT2D eigenvalue weighted by Gasteiger charge is 2.81. The zero-order chi connectivity index (χ0) is 31.1. The largest absolute Gasteiger partial charge is 0.446 e. The Morgan fingerprint density at radius 3 is 2.41 bits per heavy atom. The highest BCUT2D eigenvalue weighted by atomic mass is 16.6. The van der Waals surface area contributed by atoms with Gasteiger partial charge in [-0.1, -0.05) is 34.6 Å². The molecule has 0 aromatic rings. The third-order valence-electron chi connectivity index (χ3n) is 14.7. The van der Waals surface area contributed by atoms with E-state index in [4.69, 9.17) is 18.9 Å². The number of rotatable bonds is 5. The van der Waals surface area contributed by atoms with E-state index >= 15 is 0 Å². The van der Waals surface area contributed by atoms with E-state index in [-0.39, 0.29) is 47.9 Å². The first-order chi connectivity index (χ1) is 21.0. The quantitative estimate of drug-likeness (QED) is 0.367. The van der Waals surface area contributed by atoms with E-state index in [0.29, 0.717) is 66.8 Å². The first-order valence-electron chi connectivity index (χ1n) is 18.1. The Kier molecular flexibility index (Phi) is 7.79. The highest BCUT2D eigenvalue weighted by molar-refractivity contribution is 5.68. The number of morpholine rings is 1. The highest BCUT2D eigenvalue weighted by Crippen LogP contribution is 2.87. The minimum Gasteiger partial charge on any atom is -0.446 e. The topological polar surface area (TPSA) is 86.3 Å². The van der Waals surface area contributed by atoms with Gasteiger partial charge in [0.2, 0.25) is 0 Å². The second-order valence-corrected chi connectivity index (χ2v) is 16.9. The summed E-state index contributed by atoms with van der Waals surface area (Å²) in [5, 5.41) is 2.81. The van der Waals surface area contributed by atoms with Crippen LogP contribution in [0.25, 0.3) is 0 Å². The van der Waals surface area contributed by atoms with Crippen molar-refractivity contribution in [3.05, 3.63) is 0 Å². The number of nitrogens with one attached hydrogen (secondary N) is 1. The first-order valence-corrected chi connectivity index (χ1v) is 18.1. The molecule has 0 bridgehead atoms. The van der Waals surface area contributed by atoms with Gasteiger partial charge >= 0.3 is 12.2 Å². The summed E-state index contributed by atoms with van der Waals surface area (Å²) in [6.07, 6.45) is 11.7. The van der Waals surface area contributed by atoms with E-state index < -0.39 is 0 Å². The van der Waals surface area contributed by atoms with Gasteiger partial charge in [-0.25, -0.2) is 9.59 Å². The summed E-state index contributed by atoms with van der Waals surface area (Å²) in [4.78, 5) is 27.3. The molecule has 7 aliphatic rings. The van der Waals surface area contributed by atoms with Crippen molar-refractivity contribution < 1.29 is 28.5 Å². The van der Waals surface area contributed by atoms with Crippen molar-refractivity contribution in [1.29, 1.82) is 0 Å². The third kappa shape index (κ3) is 4.57. The number of nitrogens with zero attached hydrogens (tertiary/aromatic N) is 1. The molecule has 2 saturated heterocycles. The molecule has 5 unspecified atom stereocenters. The second kappa shape index (κ2) is 11.0. The predicted octanol–water partition coefficient (Wildman–Crippen LogP) is 6.80. The van der Waals surface area contributed by atoms with Gasteiger partial charge < -0.3 is 29.2 Å². The molecule has 8 heteroatoms. The van der Waals surface area contributed by atoms with Crippen LogP contribution in [0, 0.1) is 51.2 Å². The predicted molar refractivity (Wildman–Crippen MR) is 167 cm³/mol. The molecule has 8 nitrogen and oxygen atoms in total. The molecule has 5 aliphatic carbocycles. The lowest BCUT2D eigenvalue weighted by atomic mass is 9.46. The minimum atomic E-state index is -0.324. The lowest BCUT2D eigenvalue weighted by Gasteiger charge is -2.59. The number of hydrogen-bond donors (Lipinski definition) is 1. The maximum absolute atomic E-state index is 13.1. The SMILES string of the molecule is CCNC(=O)O[C@H](C(C)C)C1CCC2C(CC3C4CC[C@H]5C(C)(C)[C@@H](OC(=O)N6CCOCC6)CC[C@@]56C[C@@]46CC[C@]23C)O1. The van der Waals surface area contributed by atoms with Crippen LogP contribution >= 0.6 is 0 Å². The molecule has 7 fully saturated rings. The summed E-state index contributed by atoms with van der Waals surface area (Å²) < 4.78 is 24.7. The van der Waals surface area contributed by atoms with Gasteiger partial charge in [-0.3, -0.25) is 0 Å². The monoisotopic (exact) mass is 614 g/mol. The van der Waals surface area contributed by atoms with Crippen LogP contribution in [0.15, 0.2) is 0 Å². The molecule has 11 atom stereocenters. The van der Waals surface area contributed by atoms with E-state index in [2.05, 4.69) is 39.9 Å². The average molecular weight is 615 g/mol. The maximum atomic E-state index is 13.1. The van der Waals surface area contributed by atoms with Gasteiger partial charge in [-0.05, 0) is 117 Å². The van der Waals surface area contributed by atoms with Crippen LogP contribution in [0.5, 0.6) is 0 Å². The van der Waals surface area contributed by atoms with Crippen molar-refractivity contribution in [2.45, 2.75) is 130 Å². The second-order valence-electron chi connectivity index (χ2n) is 16.9. The van der Waals surface area contributed by atoms with Crippen LogP contribution in [0.4, 0.5) is 9.59 Å². The van der Waals surface area contributed by atoms with Crippen molar-refractivity contribution in [1.82, 2.24) is 10.2 Å². The number of carbonyl (C=O) groups excluding carboxylic acids is 2. The van der Waals surface area contributed by atoms with Crippen molar-refractivity contribution in [3.63, 3.8) is 0 Å². The molecular weight excluding hydrogens is 556 g/mol. The van der Waals surface area contributed by atoms with E-state index in [1.165, 1.54) is 51.4 Å². The molecular formula is C36H58N2O6. The summed E-state index contributed by atoms with van der Waals surface area (Å²) >= 11 is 0. The normalized spacial score (nSPS) is 46.0. The van der Waals surface area contributed by atoms with Gasteiger partial charge in [-0.15, -0.1) is 0 Å². The maximum Gasteiger partial charge on any atom is 0.410 e. The molecule has 0 radical (unpaired) electrons. The molecule has 248 valence electrons. The van der Waals surface area contributed by atoms with Gasteiger partial charge in [0.05, 0.1) is 25.4 Å². The molecule has 0 aromatic heterocycles. The lowest BCUT2D eigenvalue weighted by Crippen LogP contribution is -2.55.